The molecule has 0 aromatic heterocycles. The minimum absolute atomic E-state index is 0.576. The average molecular weight is 111 g/mol. The van der Waals surface area contributed by atoms with E-state index in [-0.39, 0.29) is 0 Å². The number of rotatable bonds is 0. The van der Waals surface area contributed by atoms with Gasteiger partial charge in [0, 0.05) is 6.54 Å². The minimum atomic E-state index is 0.576. The van der Waals surface area contributed by atoms with Gasteiger partial charge >= 0.3 is 0 Å². The van der Waals surface area contributed by atoms with Gasteiger partial charge in [0.25, 0.3) is 0 Å². The van der Waals surface area contributed by atoms with Crippen molar-refractivity contribution in [2.45, 2.75) is 0 Å². The maximum Gasteiger partial charge on any atom is 0.120 e. The molecule has 0 fully saturated rings. The highest BCUT2D eigenvalue weighted by Crippen LogP contribution is 1.93. The third-order valence-electron chi connectivity index (χ3n) is 1.02. The van der Waals surface area contributed by atoms with Crippen molar-refractivity contribution in [1.82, 2.24) is 5.32 Å². The van der Waals surface area contributed by atoms with Crippen LogP contribution in [-0.2, 0) is 0 Å². The summed E-state index contributed by atoms with van der Waals surface area (Å²) in [7, 11) is 0. The zero-order valence-corrected chi connectivity index (χ0v) is 4.52. The van der Waals surface area contributed by atoms with Crippen molar-refractivity contribution in [1.29, 1.82) is 0 Å². The summed E-state index contributed by atoms with van der Waals surface area (Å²) in [5.74, 6) is 0.576. The Kier molecular flexibility index (Phi) is 1.12. The van der Waals surface area contributed by atoms with E-state index in [0.29, 0.717) is 11.5 Å². The van der Waals surface area contributed by atoms with Gasteiger partial charge in [-0.05, 0) is 6.08 Å². The van der Waals surface area contributed by atoms with Gasteiger partial charge in [0.05, 0.1) is 5.70 Å². The predicted molar refractivity (Wildman–Crippen MR) is 32.5 cm³/mol. The molecule has 0 radical (unpaired) electrons. The summed E-state index contributed by atoms with van der Waals surface area (Å²) in [6.45, 7) is 0.784. The van der Waals surface area contributed by atoms with E-state index in [0.717, 1.165) is 6.54 Å². The molecule has 5 N–H and O–H groups in total. The zero-order chi connectivity index (χ0) is 5.98. The number of hydrogen-bond donors (Lipinski definition) is 3. The second-order valence-corrected chi connectivity index (χ2v) is 1.65. The summed E-state index contributed by atoms with van der Waals surface area (Å²) in [5, 5.41) is 2.88. The van der Waals surface area contributed by atoms with Crippen molar-refractivity contribution in [2.75, 3.05) is 6.54 Å². The van der Waals surface area contributed by atoms with Gasteiger partial charge in [0.2, 0.25) is 0 Å². The standard InChI is InChI=1S/C5H9N3/c6-4-2-1-3-8-5(4)7/h1-2,8H,3,6-7H2. The van der Waals surface area contributed by atoms with Crippen molar-refractivity contribution < 1.29 is 0 Å². The van der Waals surface area contributed by atoms with Gasteiger partial charge in [-0.3, -0.25) is 0 Å². The summed E-state index contributed by atoms with van der Waals surface area (Å²) >= 11 is 0. The molecule has 1 rings (SSSR count). The first-order valence-electron chi connectivity index (χ1n) is 2.46. The van der Waals surface area contributed by atoms with Gasteiger partial charge in [-0.1, -0.05) is 6.08 Å². The Balaban J connectivity index is 2.76. The maximum atomic E-state index is 5.38. The Morgan fingerprint density at radius 1 is 1.50 bits per heavy atom. The van der Waals surface area contributed by atoms with Gasteiger partial charge in [-0.15, -0.1) is 0 Å². The van der Waals surface area contributed by atoms with Crippen LogP contribution in [0.15, 0.2) is 23.7 Å². The first-order chi connectivity index (χ1) is 3.80. The number of hydrogen-bond acceptors (Lipinski definition) is 3. The van der Waals surface area contributed by atoms with E-state index in [4.69, 9.17) is 11.5 Å². The molecule has 0 saturated carbocycles. The van der Waals surface area contributed by atoms with E-state index in [1.807, 2.05) is 6.08 Å². The highest BCUT2D eigenvalue weighted by Gasteiger charge is 1.96. The van der Waals surface area contributed by atoms with E-state index in [1.165, 1.54) is 0 Å². The molecule has 0 saturated heterocycles. The highest BCUT2D eigenvalue weighted by molar-refractivity contribution is 5.23. The smallest absolute Gasteiger partial charge is 0.120 e. The number of dihydropyridines is 1. The van der Waals surface area contributed by atoms with Gasteiger partial charge in [0.1, 0.15) is 5.82 Å². The first kappa shape index (κ1) is 5.03. The van der Waals surface area contributed by atoms with Crippen molar-refractivity contribution in [3.05, 3.63) is 23.7 Å². The fourth-order valence-corrected chi connectivity index (χ4v) is 0.547. The molecule has 0 unspecified atom stereocenters. The molecular formula is C5H9N3. The fourth-order valence-electron chi connectivity index (χ4n) is 0.547. The number of allylic oxidation sites excluding steroid dienone is 1. The largest absolute Gasteiger partial charge is 0.396 e. The normalized spacial score (nSPS) is 18.5. The molecule has 0 aromatic rings. The second-order valence-electron chi connectivity index (χ2n) is 1.65. The van der Waals surface area contributed by atoms with Crippen LogP contribution in [0.5, 0.6) is 0 Å². The molecule has 1 aliphatic rings. The SMILES string of the molecule is NC1=C(N)NCC=C1. The minimum Gasteiger partial charge on any atom is -0.396 e. The Morgan fingerprint density at radius 3 is 2.62 bits per heavy atom. The van der Waals surface area contributed by atoms with Crippen LogP contribution in [0.4, 0.5) is 0 Å². The Bertz CT molecular complexity index is 146. The zero-order valence-electron chi connectivity index (χ0n) is 4.52. The van der Waals surface area contributed by atoms with Crippen molar-refractivity contribution >= 4 is 0 Å². The Hall–Kier alpha value is -1.12. The lowest BCUT2D eigenvalue weighted by atomic mass is 10.3. The second kappa shape index (κ2) is 1.78. The van der Waals surface area contributed by atoms with E-state index in [1.54, 1.807) is 6.08 Å². The van der Waals surface area contributed by atoms with Gasteiger partial charge in [0.15, 0.2) is 0 Å². The van der Waals surface area contributed by atoms with Crippen LogP contribution < -0.4 is 16.8 Å². The van der Waals surface area contributed by atoms with Gasteiger partial charge in [-0.25, -0.2) is 0 Å². The van der Waals surface area contributed by atoms with Crippen LogP contribution in [0.25, 0.3) is 0 Å². The first-order valence-corrected chi connectivity index (χ1v) is 2.46. The highest BCUT2D eigenvalue weighted by atomic mass is 15.0. The van der Waals surface area contributed by atoms with Crippen LogP contribution in [0.2, 0.25) is 0 Å². The number of nitrogens with two attached hydrogens (primary N) is 2. The van der Waals surface area contributed by atoms with E-state index in [2.05, 4.69) is 5.32 Å². The molecule has 1 heterocycles. The van der Waals surface area contributed by atoms with Gasteiger partial charge in [-0.2, -0.15) is 0 Å². The molecule has 0 aromatic carbocycles. The molecule has 8 heavy (non-hydrogen) atoms. The third-order valence-corrected chi connectivity index (χ3v) is 1.02. The molecule has 0 atom stereocenters. The summed E-state index contributed by atoms with van der Waals surface area (Å²) in [5.41, 5.74) is 11.4. The lowest BCUT2D eigenvalue weighted by Crippen LogP contribution is -2.26. The van der Waals surface area contributed by atoms with E-state index in [9.17, 15) is 0 Å². The Labute approximate surface area is 48.0 Å². The molecular weight excluding hydrogens is 102 g/mol. The molecule has 0 spiro atoms. The Morgan fingerprint density at radius 2 is 2.25 bits per heavy atom. The van der Waals surface area contributed by atoms with Crippen LogP contribution in [0.3, 0.4) is 0 Å². The lowest BCUT2D eigenvalue weighted by molar-refractivity contribution is 0.850. The monoisotopic (exact) mass is 111 g/mol. The predicted octanol–water partition coefficient (Wildman–Crippen LogP) is -0.768. The topological polar surface area (TPSA) is 64.1 Å². The number of nitrogens with one attached hydrogen (secondary N) is 1. The van der Waals surface area contributed by atoms with Crippen molar-refractivity contribution in [2.24, 2.45) is 11.5 Å². The summed E-state index contributed by atoms with van der Waals surface area (Å²) in [6, 6.07) is 0. The van der Waals surface area contributed by atoms with Crippen molar-refractivity contribution in [3.63, 3.8) is 0 Å². The van der Waals surface area contributed by atoms with Gasteiger partial charge < -0.3 is 16.8 Å². The van der Waals surface area contributed by atoms with E-state index >= 15 is 0 Å². The van der Waals surface area contributed by atoms with Crippen LogP contribution in [0.1, 0.15) is 0 Å². The summed E-state index contributed by atoms with van der Waals surface area (Å²) in [6.07, 6.45) is 3.72. The lowest BCUT2D eigenvalue weighted by Gasteiger charge is -2.09. The van der Waals surface area contributed by atoms with E-state index < -0.39 is 0 Å². The molecule has 3 nitrogen and oxygen atoms in total. The summed E-state index contributed by atoms with van der Waals surface area (Å²) in [4.78, 5) is 0. The summed E-state index contributed by atoms with van der Waals surface area (Å²) < 4.78 is 0. The molecule has 44 valence electrons. The molecule has 1 aliphatic heterocycles. The fraction of sp³-hybridized carbons (Fsp3) is 0.200. The third kappa shape index (κ3) is 0.753. The van der Waals surface area contributed by atoms with Crippen LogP contribution >= 0.6 is 0 Å². The quantitative estimate of drug-likeness (QED) is 0.384. The van der Waals surface area contributed by atoms with Crippen molar-refractivity contribution in [3.8, 4) is 0 Å². The maximum absolute atomic E-state index is 5.38. The van der Waals surface area contributed by atoms with Crippen LogP contribution in [-0.4, -0.2) is 6.54 Å². The molecule has 0 amide bonds. The average Bonchev–Trinajstić information content (AvgIpc) is 1.77. The molecule has 0 aliphatic carbocycles. The molecule has 0 bridgehead atoms. The molecule has 3 heteroatoms. The van der Waals surface area contributed by atoms with Crippen LogP contribution in [0, 0.1) is 0 Å².